The van der Waals surface area contributed by atoms with Gasteiger partial charge in [0, 0.05) is 12.7 Å². The summed E-state index contributed by atoms with van der Waals surface area (Å²) in [6.07, 6.45) is 2.36. The van der Waals surface area contributed by atoms with E-state index >= 15 is 0 Å². The third-order valence-corrected chi connectivity index (χ3v) is 3.93. The van der Waals surface area contributed by atoms with Gasteiger partial charge in [-0.2, -0.15) is 0 Å². The Morgan fingerprint density at radius 3 is 2.69 bits per heavy atom. The van der Waals surface area contributed by atoms with Gasteiger partial charge in [-0.05, 0) is 44.0 Å². The maximum Gasteiger partial charge on any atom is 0.191 e. The van der Waals surface area contributed by atoms with Crippen LogP contribution in [0, 0.1) is 12.7 Å². The fraction of sp³-hybridized carbons (Fsp3) is 0.400. The molecule has 0 aliphatic rings. The summed E-state index contributed by atoms with van der Waals surface area (Å²) in [6.45, 7) is 7.81. The van der Waals surface area contributed by atoms with Crippen LogP contribution in [-0.4, -0.2) is 30.1 Å². The fourth-order valence-corrected chi connectivity index (χ4v) is 2.38. The van der Waals surface area contributed by atoms with Gasteiger partial charge in [0.2, 0.25) is 0 Å². The first kappa shape index (κ1) is 19.7. The number of aliphatic imine (C=N–C) groups is 1. The predicted octanol–water partition coefficient (Wildman–Crippen LogP) is 3.44. The molecule has 0 spiro atoms. The number of guanidine groups is 1. The van der Waals surface area contributed by atoms with Gasteiger partial charge in [0.25, 0.3) is 0 Å². The molecule has 2 rings (SSSR count). The zero-order valence-corrected chi connectivity index (χ0v) is 15.6. The Hall–Kier alpha value is -2.63. The van der Waals surface area contributed by atoms with E-state index in [4.69, 9.17) is 4.74 Å². The third-order valence-electron chi connectivity index (χ3n) is 3.93. The first-order chi connectivity index (χ1) is 12.6. The summed E-state index contributed by atoms with van der Waals surface area (Å²) in [5.41, 5.74) is 2.06. The van der Waals surface area contributed by atoms with E-state index in [1.54, 1.807) is 24.4 Å². The van der Waals surface area contributed by atoms with Crippen LogP contribution in [0.15, 0.2) is 47.6 Å². The molecule has 2 aromatic rings. The van der Waals surface area contributed by atoms with Crippen molar-refractivity contribution in [3.63, 3.8) is 0 Å². The number of nitrogens with one attached hydrogen (secondary N) is 2. The molecule has 140 valence electrons. The number of benzene rings is 1. The minimum absolute atomic E-state index is 0.160. The van der Waals surface area contributed by atoms with Crippen molar-refractivity contribution in [2.24, 2.45) is 4.99 Å². The molecule has 5 nitrogen and oxygen atoms in total. The first-order valence-corrected chi connectivity index (χ1v) is 8.97. The highest BCUT2D eigenvalue weighted by Gasteiger charge is 2.12. The molecule has 26 heavy (non-hydrogen) atoms. The smallest absolute Gasteiger partial charge is 0.191 e. The number of pyridine rings is 1. The van der Waals surface area contributed by atoms with Gasteiger partial charge in [-0.15, -0.1) is 0 Å². The maximum atomic E-state index is 13.8. The van der Waals surface area contributed by atoms with Crippen LogP contribution >= 0.6 is 0 Å². The van der Waals surface area contributed by atoms with Gasteiger partial charge >= 0.3 is 0 Å². The summed E-state index contributed by atoms with van der Waals surface area (Å²) in [5, 5.41) is 6.47. The van der Waals surface area contributed by atoms with Crippen LogP contribution in [0.1, 0.15) is 31.5 Å². The van der Waals surface area contributed by atoms with Crippen LogP contribution < -0.4 is 15.4 Å². The summed E-state index contributed by atoms with van der Waals surface area (Å²) in [6, 6.07) is 10.4. The minimum Gasteiger partial charge on any atom is -0.486 e. The Morgan fingerprint density at radius 1 is 1.19 bits per heavy atom. The molecule has 1 unspecified atom stereocenters. The van der Waals surface area contributed by atoms with Crippen LogP contribution in [0.25, 0.3) is 0 Å². The molecular weight excluding hydrogens is 331 g/mol. The van der Waals surface area contributed by atoms with Gasteiger partial charge in [0.1, 0.15) is 6.10 Å². The molecule has 1 aromatic carbocycles. The lowest BCUT2D eigenvalue weighted by molar-refractivity contribution is 0.191. The summed E-state index contributed by atoms with van der Waals surface area (Å²) in [7, 11) is 0. The summed E-state index contributed by atoms with van der Waals surface area (Å²) in [4.78, 5) is 8.94. The van der Waals surface area contributed by atoms with E-state index in [0.717, 1.165) is 24.2 Å². The topological polar surface area (TPSA) is 58.5 Å². The lowest BCUT2D eigenvalue weighted by Crippen LogP contribution is -2.42. The fourth-order valence-electron chi connectivity index (χ4n) is 2.38. The van der Waals surface area contributed by atoms with Crippen LogP contribution in [0.3, 0.4) is 0 Å². The highest BCUT2D eigenvalue weighted by atomic mass is 19.1. The van der Waals surface area contributed by atoms with Gasteiger partial charge in [-0.25, -0.2) is 9.38 Å². The Balaban J connectivity index is 1.96. The third kappa shape index (κ3) is 6.02. The molecule has 1 aromatic heterocycles. The molecule has 1 heterocycles. The Kier molecular flexibility index (Phi) is 7.86. The molecule has 0 amide bonds. The van der Waals surface area contributed by atoms with Crippen molar-refractivity contribution in [1.82, 2.24) is 15.6 Å². The minimum atomic E-state index is -0.350. The Labute approximate surface area is 154 Å². The van der Waals surface area contributed by atoms with Gasteiger partial charge in [0.15, 0.2) is 17.5 Å². The molecule has 0 radical (unpaired) electrons. The summed E-state index contributed by atoms with van der Waals surface area (Å²) >= 11 is 0. The van der Waals surface area contributed by atoms with Crippen molar-refractivity contribution < 1.29 is 9.13 Å². The molecule has 0 fully saturated rings. The number of hydrogen-bond acceptors (Lipinski definition) is 3. The number of hydrogen-bond donors (Lipinski definition) is 2. The standard InChI is InChI=1S/C20H27FN4O/c1-4-16(26-19-11-7-6-10-17(19)21)13-24-20(22-5-2)25-14-18-15(3)9-8-12-23-18/h6-12,16H,4-5,13-14H2,1-3H3,(H2,22,24,25). The highest BCUT2D eigenvalue weighted by molar-refractivity contribution is 5.79. The maximum absolute atomic E-state index is 13.8. The SMILES string of the molecule is CCNC(=NCc1ncccc1C)NCC(CC)Oc1ccccc1F. The number of halogens is 1. The first-order valence-electron chi connectivity index (χ1n) is 8.97. The summed E-state index contributed by atoms with van der Waals surface area (Å²) in [5.74, 6) is 0.609. The molecule has 0 aliphatic heterocycles. The average molecular weight is 358 g/mol. The number of para-hydroxylation sites is 1. The lowest BCUT2D eigenvalue weighted by Gasteiger charge is -2.20. The summed E-state index contributed by atoms with van der Waals surface area (Å²) < 4.78 is 19.5. The molecule has 1 atom stereocenters. The van der Waals surface area contributed by atoms with Crippen molar-refractivity contribution in [2.75, 3.05) is 13.1 Å². The van der Waals surface area contributed by atoms with E-state index in [9.17, 15) is 4.39 Å². The van der Waals surface area contributed by atoms with Crippen LogP contribution in [0.5, 0.6) is 5.75 Å². The molecular formula is C20H27FN4O. The zero-order chi connectivity index (χ0) is 18.8. The van der Waals surface area contributed by atoms with Gasteiger partial charge in [-0.1, -0.05) is 25.1 Å². The van der Waals surface area contributed by atoms with E-state index in [-0.39, 0.29) is 17.7 Å². The number of rotatable bonds is 8. The van der Waals surface area contributed by atoms with E-state index in [2.05, 4.69) is 20.6 Å². The second-order valence-electron chi connectivity index (χ2n) is 5.92. The van der Waals surface area contributed by atoms with Crippen molar-refractivity contribution in [3.05, 3.63) is 59.7 Å². The van der Waals surface area contributed by atoms with Gasteiger partial charge < -0.3 is 15.4 Å². The van der Waals surface area contributed by atoms with Gasteiger partial charge in [-0.3, -0.25) is 4.98 Å². The van der Waals surface area contributed by atoms with E-state index < -0.39 is 0 Å². The molecule has 0 aliphatic carbocycles. The number of aromatic nitrogens is 1. The molecule has 0 saturated carbocycles. The molecule has 6 heteroatoms. The lowest BCUT2D eigenvalue weighted by atomic mass is 10.2. The largest absolute Gasteiger partial charge is 0.486 e. The quantitative estimate of drug-likeness (QED) is 0.561. The number of aryl methyl sites for hydroxylation is 1. The highest BCUT2D eigenvalue weighted by Crippen LogP contribution is 2.17. The van der Waals surface area contributed by atoms with Crippen molar-refractivity contribution in [2.45, 2.75) is 39.8 Å². The predicted molar refractivity (Wildman–Crippen MR) is 103 cm³/mol. The zero-order valence-electron chi connectivity index (χ0n) is 15.6. The number of nitrogens with zero attached hydrogens (tertiary/aromatic N) is 2. The van der Waals surface area contributed by atoms with E-state index in [0.29, 0.717) is 19.0 Å². The van der Waals surface area contributed by atoms with Crippen molar-refractivity contribution in [1.29, 1.82) is 0 Å². The van der Waals surface area contributed by atoms with E-state index in [1.807, 2.05) is 32.9 Å². The monoisotopic (exact) mass is 358 g/mol. The van der Waals surface area contributed by atoms with Crippen molar-refractivity contribution in [3.8, 4) is 5.75 Å². The van der Waals surface area contributed by atoms with Gasteiger partial charge in [0.05, 0.1) is 18.8 Å². The molecule has 2 N–H and O–H groups in total. The van der Waals surface area contributed by atoms with Crippen molar-refractivity contribution >= 4 is 5.96 Å². The van der Waals surface area contributed by atoms with Crippen LogP contribution in [0.4, 0.5) is 4.39 Å². The second kappa shape index (κ2) is 10.4. The van der Waals surface area contributed by atoms with Crippen LogP contribution in [0.2, 0.25) is 0 Å². The Bertz CT molecular complexity index is 720. The normalized spacial score (nSPS) is 12.5. The molecule has 0 bridgehead atoms. The second-order valence-corrected chi connectivity index (χ2v) is 5.92. The van der Waals surface area contributed by atoms with E-state index in [1.165, 1.54) is 6.07 Å². The molecule has 0 saturated heterocycles. The Morgan fingerprint density at radius 2 is 2.00 bits per heavy atom. The number of ether oxygens (including phenoxy) is 1. The average Bonchev–Trinajstić information content (AvgIpc) is 2.65. The van der Waals surface area contributed by atoms with Crippen LogP contribution in [-0.2, 0) is 6.54 Å².